The van der Waals surface area contributed by atoms with Crippen LogP contribution in [0.1, 0.15) is 12.5 Å². The van der Waals surface area contributed by atoms with Gasteiger partial charge in [0.05, 0.1) is 5.69 Å². The van der Waals surface area contributed by atoms with Gasteiger partial charge in [0.1, 0.15) is 0 Å². The number of para-hydroxylation sites is 1. The molecule has 3 nitrogen and oxygen atoms in total. The Morgan fingerprint density at radius 1 is 1.54 bits per heavy atom. The van der Waals surface area contributed by atoms with Crippen LogP contribution in [0.25, 0.3) is 0 Å². The Morgan fingerprint density at radius 2 is 2.23 bits per heavy atom. The fraction of sp³-hybridized carbons (Fsp3) is 0.300. The highest BCUT2D eigenvalue weighted by Crippen LogP contribution is 2.31. The predicted octanol–water partition coefficient (Wildman–Crippen LogP) is 2.12. The Morgan fingerprint density at radius 3 is 2.92 bits per heavy atom. The minimum absolute atomic E-state index is 0.0647. The van der Waals surface area contributed by atoms with Crippen LogP contribution in [-0.2, 0) is 6.42 Å². The molecule has 0 aliphatic carbocycles. The first-order valence-electron chi connectivity index (χ1n) is 4.30. The summed E-state index contributed by atoms with van der Waals surface area (Å²) >= 11 is 0. The van der Waals surface area contributed by atoms with E-state index in [1.54, 1.807) is 0 Å². The Hall–Kier alpha value is -1.51. The maximum absolute atomic E-state index is 10.9. The van der Waals surface area contributed by atoms with Crippen molar-refractivity contribution in [2.45, 2.75) is 19.4 Å². The molecule has 1 atom stereocenters. The molecule has 2 rings (SSSR count). The third-order valence-electron chi connectivity index (χ3n) is 2.41. The molecule has 1 amide bonds. The quantitative estimate of drug-likeness (QED) is 0.659. The summed E-state index contributed by atoms with van der Waals surface area (Å²) in [5.41, 5.74) is 1.96. The molecule has 0 spiro atoms. The molecule has 1 heterocycles. The van der Waals surface area contributed by atoms with E-state index in [1.807, 2.05) is 31.2 Å². The smallest absolute Gasteiger partial charge is 0.412 e. The van der Waals surface area contributed by atoms with Gasteiger partial charge in [0.25, 0.3) is 0 Å². The number of rotatable bonds is 0. The summed E-state index contributed by atoms with van der Waals surface area (Å²) in [7, 11) is 0. The number of carboxylic acid groups (broad SMARTS) is 1. The lowest BCUT2D eigenvalue weighted by molar-refractivity contribution is 0.200. The van der Waals surface area contributed by atoms with E-state index in [0.717, 1.165) is 17.7 Å². The highest BCUT2D eigenvalue weighted by molar-refractivity contribution is 5.89. The SMILES string of the molecule is CC1Cc2ccccc2N1C(=O)O. The second-order valence-corrected chi connectivity index (χ2v) is 3.33. The molecular formula is C10H11NO2. The van der Waals surface area contributed by atoms with E-state index in [9.17, 15) is 4.79 Å². The van der Waals surface area contributed by atoms with Crippen LogP contribution in [0, 0.1) is 0 Å². The number of carbonyl (C=O) groups is 1. The normalized spacial score (nSPS) is 20.1. The molecule has 0 fully saturated rings. The first kappa shape index (κ1) is 8.10. The maximum Gasteiger partial charge on any atom is 0.412 e. The molecule has 3 heteroatoms. The van der Waals surface area contributed by atoms with Gasteiger partial charge in [-0.3, -0.25) is 4.90 Å². The molecule has 1 aromatic carbocycles. The van der Waals surface area contributed by atoms with E-state index in [1.165, 1.54) is 4.90 Å². The van der Waals surface area contributed by atoms with E-state index in [4.69, 9.17) is 5.11 Å². The average Bonchev–Trinajstić information content (AvgIpc) is 2.39. The largest absolute Gasteiger partial charge is 0.465 e. The molecule has 0 aromatic heterocycles. The minimum atomic E-state index is -0.863. The molecule has 68 valence electrons. The standard InChI is InChI=1S/C10H11NO2/c1-7-6-8-4-2-3-5-9(8)11(7)10(12)13/h2-5,7H,6H2,1H3,(H,12,13). The monoisotopic (exact) mass is 177 g/mol. The van der Waals surface area contributed by atoms with Gasteiger partial charge < -0.3 is 5.11 Å². The zero-order valence-electron chi connectivity index (χ0n) is 7.40. The fourth-order valence-corrected chi connectivity index (χ4v) is 1.86. The van der Waals surface area contributed by atoms with Crippen molar-refractivity contribution >= 4 is 11.8 Å². The van der Waals surface area contributed by atoms with E-state index in [0.29, 0.717) is 0 Å². The number of anilines is 1. The Labute approximate surface area is 76.6 Å². The second kappa shape index (κ2) is 2.76. The number of fused-ring (bicyclic) bond motifs is 1. The Balaban J connectivity index is 2.46. The molecule has 1 aliphatic heterocycles. The van der Waals surface area contributed by atoms with Crippen LogP contribution in [0.4, 0.5) is 10.5 Å². The van der Waals surface area contributed by atoms with Gasteiger partial charge in [-0.05, 0) is 25.0 Å². The van der Waals surface area contributed by atoms with Gasteiger partial charge in [-0.15, -0.1) is 0 Å². The highest BCUT2D eigenvalue weighted by Gasteiger charge is 2.29. The van der Waals surface area contributed by atoms with Gasteiger partial charge in [-0.1, -0.05) is 18.2 Å². The van der Waals surface area contributed by atoms with Gasteiger partial charge >= 0.3 is 6.09 Å². The number of amides is 1. The third-order valence-corrected chi connectivity index (χ3v) is 2.41. The van der Waals surface area contributed by atoms with Crippen molar-refractivity contribution in [3.63, 3.8) is 0 Å². The fourth-order valence-electron chi connectivity index (χ4n) is 1.86. The van der Waals surface area contributed by atoms with Crippen molar-refractivity contribution in [2.24, 2.45) is 0 Å². The van der Waals surface area contributed by atoms with Crippen molar-refractivity contribution in [1.29, 1.82) is 0 Å². The zero-order chi connectivity index (χ0) is 9.42. The van der Waals surface area contributed by atoms with E-state index in [2.05, 4.69) is 0 Å². The second-order valence-electron chi connectivity index (χ2n) is 3.33. The van der Waals surface area contributed by atoms with Crippen molar-refractivity contribution in [1.82, 2.24) is 0 Å². The lowest BCUT2D eigenvalue weighted by Gasteiger charge is -2.18. The molecule has 0 saturated heterocycles. The van der Waals surface area contributed by atoms with Crippen molar-refractivity contribution in [2.75, 3.05) is 4.90 Å². The third kappa shape index (κ3) is 1.16. The van der Waals surface area contributed by atoms with Crippen LogP contribution >= 0.6 is 0 Å². The molecule has 1 aromatic rings. The zero-order valence-corrected chi connectivity index (χ0v) is 7.40. The lowest BCUT2D eigenvalue weighted by atomic mass is 10.1. The van der Waals surface area contributed by atoms with Crippen LogP contribution in [0.15, 0.2) is 24.3 Å². The summed E-state index contributed by atoms with van der Waals surface area (Å²) in [5, 5.41) is 8.96. The highest BCUT2D eigenvalue weighted by atomic mass is 16.4. The topological polar surface area (TPSA) is 40.5 Å². The summed E-state index contributed by atoms with van der Waals surface area (Å²) in [4.78, 5) is 12.3. The molecule has 0 bridgehead atoms. The van der Waals surface area contributed by atoms with Gasteiger partial charge in [-0.25, -0.2) is 4.79 Å². The first-order valence-corrected chi connectivity index (χ1v) is 4.30. The van der Waals surface area contributed by atoms with Crippen LogP contribution in [-0.4, -0.2) is 17.2 Å². The lowest BCUT2D eigenvalue weighted by Crippen LogP contribution is -2.34. The van der Waals surface area contributed by atoms with E-state index >= 15 is 0 Å². The number of benzene rings is 1. The minimum Gasteiger partial charge on any atom is -0.465 e. The van der Waals surface area contributed by atoms with Gasteiger partial charge in [0.15, 0.2) is 0 Å². The summed E-state index contributed by atoms with van der Waals surface area (Å²) < 4.78 is 0. The van der Waals surface area contributed by atoms with Gasteiger partial charge in [0.2, 0.25) is 0 Å². The maximum atomic E-state index is 10.9. The Kier molecular flexibility index (Phi) is 1.72. The van der Waals surface area contributed by atoms with Crippen molar-refractivity contribution < 1.29 is 9.90 Å². The molecule has 13 heavy (non-hydrogen) atoms. The van der Waals surface area contributed by atoms with Crippen LogP contribution in [0.2, 0.25) is 0 Å². The molecule has 1 N–H and O–H groups in total. The summed E-state index contributed by atoms with van der Waals surface area (Å²) in [6, 6.07) is 7.71. The van der Waals surface area contributed by atoms with Crippen LogP contribution < -0.4 is 4.90 Å². The molecular weight excluding hydrogens is 166 g/mol. The van der Waals surface area contributed by atoms with E-state index in [-0.39, 0.29) is 6.04 Å². The Bertz CT molecular complexity index is 349. The van der Waals surface area contributed by atoms with E-state index < -0.39 is 6.09 Å². The summed E-state index contributed by atoms with van der Waals surface area (Å²) in [6.07, 6.45) is -0.0416. The van der Waals surface area contributed by atoms with Gasteiger partial charge in [-0.2, -0.15) is 0 Å². The average molecular weight is 177 g/mol. The molecule has 1 unspecified atom stereocenters. The molecule has 1 aliphatic rings. The summed E-state index contributed by atoms with van der Waals surface area (Å²) in [5.74, 6) is 0. The molecule has 0 radical (unpaired) electrons. The summed E-state index contributed by atoms with van der Waals surface area (Å²) in [6.45, 7) is 1.92. The number of nitrogens with zero attached hydrogens (tertiary/aromatic N) is 1. The van der Waals surface area contributed by atoms with Crippen molar-refractivity contribution in [3.05, 3.63) is 29.8 Å². The number of hydrogen-bond donors (Lipinski definition) is 1. The van der Waals surface area contributed by atoms with Crippen molar-refractivity contribution in [3.8, 4) is 0 Å². The number of hydrogen-bond acceptors (Lipinski definition) is 1. The van der Waals surface area contributed by atoms with Gasteiger partial charge in [0, 0.05) is 6.04 Å². The first-order chi connectivity index (χ1) is 6.20. The van der Waals surface area contributed by atoms with Crippen LogP contribution in [0.3, 0.4) is 0 Å². The molecule has 0 saturated carbocycles. The van der Waals surface area contributed by atoms with Crippen LogP contribution in [0.5, 0.6) is 0 Å². The predicted molar refractivity (Wildman–Crippen MR) is 50.1 cm³/mol.